The van der Waals surface area contributed by atoms with Crippen LogP contribution >= 0.6 is 0 Å². The number of aliphatic hydroxyl groups excluding tert-OH is 1. The predicted octanol–water partition coefficient (Wildman–Crippen LogP) is 0.921. The fourth-order valence-corrected chi connectivity index (χ4v) is 1.95. The van der Waals surface area contributed by atoms with Crippen LogP contribution in [0.3, 0.4) is 0 Å². The Kier molecular flexibility index (Phi) is 6.50. The van der Waals surface area contributed by atoms with Gasteiger partial charge >= 0.3 is 0 Å². The number of ether oxygens (including phenoxy) is 1. The molecule has 1 aromatic carbocycles. The van der Waals surface area contributed by atoms with Crippen LogP contribution in [0.1, 0.15) is 18.4 Å². The normalized spacial score (nSPS) is 16.7. The van der Waals surface area contributed by atoms with Crippen molar-refractivity contribution < 1.29 is 9.84 Å². The summed E-state index contributed by atoms with van der Waals surface area (Å²) >= 11 is 0. The van der Waals surface area contributed by atoms with Crippen molar-refractivity contribution in [1.29, 1.82) is 0 Å². The highest BCUT2D eigenvalue weighted by atomic mass is 16.5. The fraction of sp³-hybridized carbons (Fsp3) is 0.562. The average Bonchev–Trinajstić information content (AvgIpc) is 3.30. The maximum atomic E-state index is 9.72. The van der Waals surface area contributed by atoms with Crippen molar-refractivity contribution in [3.05, 3.63) is 35.9 Å². The quantitative estimate of drug-likeness (QED) is 0.467. The lowest BCUT2D eigenvalue weighted by Gasteiger charge is -2.10. The van der Waals surface area contributed by atoms with E-state index in [2.05, 4.69) is 22.4 Å². The highest BCUT2D eigenvalue weighted by molar-refractivity contribution is 5.77. The third-order valence-corrected chi connectivity index (χ3v) is 3.40. The number of nitrogens with two attached hydrogens (primary N) is 1. The number of benzene rings is 1. The Morgan fingerprint density at radius 3 is 2.86 bits per heavy atom. The molecule has 1 aromatic rings. The summed E-state index contributed by atoms with van der Waals surface area (Å²) in [5, 5.41) is 12.8. The minimum Gasteiger partial charge on any atom is -0.389 e. The van der Waals surface area contributed by atoms with Crippen LogP contribution in [0.15, 0.2) is 35.3 Å². The van der Waals surface area contributed by atoms with Crippen molar-refractivity contribution in [2.45, 2.75) is 25.4 Å². The van der Waals surface area contributed by atoms with Crippen molar-refractivity contribution in [2.24, 2.45) is 16.6 Å². The Morgan fingerprint density at radius 2 is 2.14 bits per heavy atom. The maximum absolute atomic E-state index is 9.72. The molecule has 1 saturated carbocycles. The lowest BCUT2D eigenvalue weighted by molar-refractivity contribution is 0.0368. The van der Waals surface area contributed by atoms with Crippen LogP contribution in [0.5, 0.6) is 0 Å². The summed E-state index contributed by atoms with van der Waals surface area (Å²) in [7, 11) is 0. The molecule has 1 aliphatic rings. The molecule has 0 heterocycles. The van der Waals surface area contributed by atoms with E-state index in [0.29, 0.717) is 18.5 Å². The van der Waals surface area contributed by atoms with Gasteiger partial charge < -0.3 is 20.9 Å². The Labute approximate surface area is 126 Å². The van der Waals surface area contributed by atoms with E-state index in [1.165, 1.54) is 18.4 Å². The van der Waals surface area contributed by atoms with E-state index in [0.717, 1.165) is 19.6 Å². The van der Waals surface area contributed by atoms with E-state index >= 15 is 0 Å². The van der Waals surface area contributed by atoms with Crippen LogP contribution < -0.4 is 11.1 Å². The van der Waals surface area contributed by atoms with E-state index in [-0.39, 0.29) is 6.54 Å². The highest BCUT2D eigenvalue weighted by Gasteiger charge is 2.21. The van der Waals surface area contributed by atoms with E-state index in [4.69, 9.17) is 10.5 Å². The SMILES string of the molecule is NC(=NCC(O)COCC1CC1)NCCc1ccccc1. The van der Waals surface area contributed by atoms with Gasteiger partial charge in [-0.2, -0.15) is 0 Å². The summed E-state index contributed by atoms with van der Waals surface area (Å²) in [5.74, 6) is 1.08. The highest BCUT2D eigenvalue weighted by Crippen LogP contribution is 2.28. The van der Waals surface area contributed by atoms with E-state index in [1.54, 1.807) is 0 Å². The molecule has 1 atom stereocenters. The number of hydrogen-bond acceptors (Lipinski definition) is 3. The van der Waals surface area contributed by atoms with Gasteiger partial charge in [0, 0.05) is 13.2 Å². The van der Waals surface area contributed by atoms with E-state index in [9.17, 15) is 5.11 Å². The minimum atomic E-state index is -0.585. The molecule has 116 valence electrons. The molecule has 0 spiro atoms. The second-order valence-electron chi connectivity index (χ2n) is 5.52. The summed E-state index contributed by atoms with van der Waals surface area (Å²) in [5.41, 5.74) is 7.02. The van der Waals surface area contributed by atoms with Crippen LogP contribution in [0.4, 0.5) is 0 Å². The summed E-state index contributed by atoms with van der Waals surface area (Å²) in [4.78, 5) is 4.12. The van der Waals surface area contributed by atoms with Crippen molar-refractivity contribution in [1.82, 2.24) is 5.32 Å². The molecule has 21 heavy (non-hydrogen) atoms. The molecule has 4 N–H and O–H groups in total. The number of aliphatic hydroxyl groups is 1. The fourth-order valence-electron chi connectivity index (χ4n) is 1.95. The van der Waals surface area contributed by atoms with E-state index < -0.39 is 6.10 Å². The van der Waals surface area contributed by atoms with Crippen molar-refractivity contribution in [3.8, 4) is 0 Å². The Bertz CT molecular complexity index is 432. The lowest BCUT2D eigenvalue weighted by Crippen LogP contribution is -2.34. The molecule has 5 nitrogen and oxygen atoms in total. The van der Waals surface area contributed by atoms with E-state index in [1.807, 2.05) is 18.2 Å². The zero-order valence-electron chi connectivity index (χ0n) is 12.4. The van der Waals surface area contributed by atoms with Gasteiger partial charge in [-0.25, -0.2) is 0 Å². The molecule has 2 rings (SSSR count). The van der Waals surface area contributed by atoms with Gasteiger partial charge in [-0.3, -0.25) is 4.99 Å². The van der Waals surface area contributed by atoms with Gasteiger partial charge in [0.25, 0.3) is 0 Å². The van der Waals surface area contributed by atoms with Crippen LogP contribution in [0.25, 0.3) is 0 Å². The number of rotatable bonds is 9. The van der Waals surface area contributed by atoms with Crippen molar-refractivity contribution in [3.63, 3.8) is 0 Å². The molecule has 0 radical (unpaired) electrons. The minimum absolute atomic E-state index is 0.273. The van der Waals surface area contributed by atoms with Gasteiger partial charge in [-0.05, 0) is 30.7 Å². The van der Waals surface area contributed by atoms with Gasteiger partial charge in [0.15, 0.2) is 5.96 Å². The van der Waals surface area contributed by atoms with Crippen LogP contribution in [0.2, 0.25) is 0 Å². The average molecular weight is 291 g/mol. The second kappa shape index (κ2) is 8.64. The number of aliphatic imine (C=N–C) groups is 1. The topological polar surface area (TPSA) is 79.9 Å². The first-order valence-electron chi connectivity index (χ1n) is 7.57. The molecule has 0 bridgehead atoms. The number of nitrogens with one attached hydrogen (secondary N) is 1. The first-order chi connectivity index (χ1) is 10.2. The van der Waals surface area contributed by atoms with Crippen molar-refractivity contribution in [2.75, 3.05) is 26.3 Å². The first kappa shape index (κ1) is 15.8. The van der Waals surface area contributed by atoms with Crippen LogP contribution in [-0.4, -0.2) is 43.5 Å². The van der Waals surface area contributed by atoms with Gasteiger partial charge in [-0.15, -0.1) is 0 Å². The lowest BCUT2D eigenvalue weighted by atomic mass is 10.1. The zero-order chi connectivity index (χ0) is 14.9. The molecule has 1 unspecified atom stereocenters. The van der Waals surface area contributed by atoms with Crippen LogP contribution in [0, 0.1) is 5.92 Å². The maximum Gasteiger partial charge on any atom is 0.188 e. The number of nitrogens with zero attached hydrogens (tertiary/aromatic N) is 1. The monoisotopic (exact) mass is 291 g/mol. The van der Waals surface area contributed by atoms with Gasteiger partial charge in [0.1, 0.15) is 0 Å². The third-order valence-electron chi connectivity index (χ3n) is 3.40. The third kappa shape index (κ3) is 7.11. The Hall–Kier alpha value is -1.59. The van der Waals surface area contributed by atoms with Crippen LogP contribution in [-0.2, 0) is 11.2 Å². The summed E-state index contributed by atoms with van der Waals surface area (Å²) in [6.45, 7) is 2.09. The van der Waals surface area contributed by atoms with Gasteiger partial charge in [0.05, 0.1) is 19.3 Å². The zero-order valence-corrected chi connectivity index (χ0v) is 12.4. The molecule has 5 heteroatoms. The molecular weight excluding hydrogens is 266 g/mol. The molecule has 0 saturated heterocycles. The molecule has 1 aliphatic carbocycles. The Balaban J connectivity index is 1.54. The molecular formula is C16H25N3O2. The predicted molar refractivity (Wildman–Crippen MR) is 84.2 cm³/mol. The first-order valence-corrected chi connectivity index (χ1v) is 7.57. The summed E-state index contributed by atoms with van der Waals surface area (Å²) in [6, 6.07) is 10.2. The molecule has 0 aliphatic heterocycles. The van der Waals surface area contributed by atoms with Gasteiger partial charge in [0.2, 0.25) is 0 Å². The molecule has 0 amide bonds. The number of guanidine groups is 1. The smallest absolute Gasteiger partial charge is 0.188 e. The Morgan fingerprint density at radius 1 is 1.38 bits per heavy atom. The summed E-state index contributed by atoms with van der Waals surface area (Å²) in [6.07, 6.45) is 2.82. The number of hydrogen-bond donors (Lipinski definition) is 3. The standard InChI is InChI=1S/C16H25N3O2/c17-16(18-9-8-13-4-2-1-3-5-13)19-10-15(20)12-21-11-14-6-7-14/h1-5,14-15,20H,6-12H2,(H3,17,18,19). The van der Waals surface area contributed by atoms with Crippen molar-refractivity contribution >= 4 is 5.96 Å². The largest absolute Gasteiger partial charge is 0.389 e. The molecule has 0 aromatic heterocycles. The molecule has 1 fully saturated rings. The van der Waals surface area contributed by atoms with Gasteiger partial charge in [-0.1, -0.05) is 30.3 Å². The second-order valence-corrected chi connectivity index (χ2v) is 5.52. The summed E-state index contributed by atoms with van der Waals surface area (Å²) < 4.78 is 5.41.